The molecule has 0 saturated heterocycles. The summed E-state index contributed by atoms with van der Waals surface area (Å²) in [5, 5.41) is 80.8. The number of carboxylic acid groups (broad SMARTS) is 6. The maximum Gasteiger partial charge on any atom is 0.303 e. The van der Waals surface area contributed by atoms with Crippen LogP contribution in [0.1, 0.15) is 481 Å². The molecule has 8 N–H and O–H groups in total. The highest BCUT2D eigenvalue weighted by Gasteiger charge is 2.26. The molecule has 2 amide bonds. The highest BCUT2D eigenvalue weighted by Crippen LogP contribution is 2.49. The van der Waals surface area contributed by atoms with Crippen LogP contribution in [0.5, 0.6) is 0 Å². The third-order valence-electron chi connectivity index (χ3n) is 28.9. The summed E-state index contributed by atoms with van der Waals surface area (Å²) in [7, 11) is 0. The molecule has 0 aromatic heterocycles. The van der Waals surface area contributed by atoms with Crippen molar-refractivity contribution >= 4 is 117 Å². The van der Waals surface area contributed by atoms with E-state index in [-0.39, 0.29) is 49.7 Å². The lowest BCUT2D eigenvalue weighted by atomic mass is 10.0. The van der Waals surface area contributed by atoms with Crippen molar-refractivity contribution < 1.29 is 69.0 Å². The molecule has 0 atom stereocenters. The van der Waals surface area contributed by atoms with Gasteiger partial charge in [-0.1, -0.05) is 377 Å². The van der Waals surface area contributed by atoms with Gasteiger partial charge in [0.25, 0.3) is 11.8 Å². The summed E-state index contributed by atoms with van der Waals surface area (Å²) in [6, 6.07) is 41.8. The monoisotopic (exact) mass is 2090 g/mol. The molecule has 150 heavy (non-hydrogen) atoms. The van der Waals surface area contributed by atoms with E-state index in [4.69, 9.17) is 30.6 Å². The number of carboxylic acids is 6. The van der Waals surface area contributed by atoms with Crippen LogP contribution in [0.4, 0.5) is 45.5 Å². The molecular formula is C126H195N9O14S. The Balaban J connectivity index is 0.000000555. The van der Waals surface area contributed by atoms with Crippen molar-refractivity contribution in [3.05, 3.63) is 131 Å². The van der Waals surface area contributed by atoms with Crippen LogP contribution in [0.25, 0.3) is 12.2 Å². The van der Waals surface area contributed by atoms with Gasteiger partial charge in [0, 0.05) is 130 Å². The SMILES string of the molecule is CCCCCCCCN(CCCCCCCC)c1ccc(/C=C(\C#N)C(=O)Nc2ccc(N(CCCCCCCCCCC(=O)O)CCCCCCCCCCC(=O)O)cc2)cc1.CCCCCCN1c2ccccc2Sc2cc(/C=C(\C#N)C(=O)Nc3ccc(N(CCCCCCCCCCC(=O)O)CCCCCCCCCCC(=O)O)c(N(CCCCCCCCCCC(=O)O)CCCCCCCCCCC(=O)O)c3)ccc21. The van der Waals surface area contributed by atoms with Gasteiger partial charge in [-0.3, -0.25) is 38.4 Å². The Hall–Kier alpha value is -10.3. The third-order valence-corrected chi connectivity index (χ3v) is 30.0. The Labute approximate surface area is 908 Å². The predicted molar refractivity (Wildman–Crippen MR) is 623 cm³/mol. The van der Waals surface area contributed by atoms with Gasteiger partial charge in [0.05, 0.1) is 22.7 Å². The van der Waals surface area contributed by atoms with Crippen molar-refractivity contribution in [2.24, 2.45) is 0 Å². The van der Waals surface area contributed by atoms with Gasteiger partial charge < -0.3 is 65.8 Å². The van der Waals surface area contributed by atoms with Crippen LogP contribution in [-0.2, 0) is 38.4 Å². The van der Waals surface area contributed by atoms with E-state index < -0.39 is 47.6 Å². The predicted octanol–water partition coefficient (Wildman–Crippen LogP) is 34.2. The third kappa shape index (κ3) is 62.6. The van der Waals surface area contributed by atoms with Gasteiger partial charge in [0.15, 0.2) is 0 Å². The standard InChI is InChI=1S/C72H109N5O9S.C54H86N4O5/c1-2-3-4-39-54-77-63-40-33-34-41-66(63)87-67-56-59(46-48-64(67)77)55-60(58-73)72(86)74-61-47-49-62(75(50-35-25-17-9-5-13-21-29-42-68(78)79)51-36-26-18-10-6-14-22-30-43-69(80)81)65(57-61)76(52-37-27-19-11-7-15-23-31-44-70(82)83)53-38-28-20-12-8-16-24-32-45-71(84)85;1-3-5-7-9-21-27-41-57(42-28-22-10-8-6-4-2)50-37-33-47(34-38-50)45-48(46-55)54(63)56-49-35-39-51(40-36-49)58(43-29-23-17-13-11-15-19-25-31-52(59)60)44-30-24-18-14-12-16-20-26-32-53(61)62/h33-34,40-41,46-49,55-57H,2-32,35-39,42-45,50-54H2,1H3,(H,74,86)(H,78,79)(H,80,81)(H,82,83)(H,84,85);33-40,45H,3-32,41-44H2,1-2H3,(H,56,63)(H,59,60)(H,61,62)/b60-55+;48-45+. The van der Waals surface area contributed by atoms with E-state index >= 15 is 0 Å². The lowest BCUT2D eigenvalue weighted by Crippen LogP contribution is -2.31. The first-order valence-electron chi connectivity index (χ1n) is 59.4. The Bertz CT molecular complexity index is 4520. The number of anilines is 8. The van der Waals surface area contributed by atoms with Gasteiger partial charge >= 0.3 is 35.8 Å². The van der Waals surface area contributed by atoms with E-state index in [0.717, 1.165) is 387 Å². The number of fused-ring (bicyclic) bond motifs is 2. The zero-order valence-corrected chi connectivity index (χ0v) is 93.7. The van der Waals surface area contributed by atoms with Crippen LogP contribution < -0.4 is 35.1 Å². The topological polar surface area (TPSA) is 346 Å². The second-order valence-corrected chi connectivity index (χ2v) is 43.0. The van der Waals surface area contributed by atoms with Gasteiger partial charge in [0.2, 0.25) is 0 Å². The van der Waals surface area contributed by atoms with Crippen LogP contribution in [0.2, 0.25) is 0 Å². The van der Waals surface area contributed by atoms with Crippen molar-refractivity contribution in [3.8, 4) is 12.1 Å². The highest BCUT2D eigenvalue weighted by molar-refractivity contribution is 7.99. The van der Waals surface area contributed by atoms with E-state index in [9.17, 15) is 48.9 Å². The minimum absolute atomic E-state index is 0.0287. The molecule has 834 valence electrons. The number of hydrogen-bond donors (Lipinski definition) is 8. The molecule has 0 radical (unpaired) electrons. The molecule has 5 aromatic rings. The zero-order valence-electron chi connectivity index (χ0n) is 92.9. The molecule has 0 aliphatic carbocycles. The van der Waals surface area contributed by atoms with E-state index in [2.05, 4.69) is 141 Å². The highest BCUT2D eigenvalue weighted by atomic mass is 32.2. The number of unbranched alkanes of at least 4 members (excludes halogenated alkanes) is 55. The molecule has 0 unspecified atom stereocenters. The number of amides is 2. The molecule has 23 nitrogen and oxygen atoms in total. The molecular weight excluding hydrogens is 1900 g/mol. The Kier molecular flexibility index (Phi) is 74.7. The second kappa shape index (κ2) is 86.1. The molecule has 5 aromatic carbocycles. The molecule has 1 aliphatic heterocycles. The summed E-state index contributed by atoms with van der Waals surface area (Å²) in [5.41, 5.74) is 9.94. The number of hydrogen-bond acceptors (Lipinski definition) is 16. The molecule has 24 heteroatoms. The number of nitrogens with one attached hydrogen (secondary N) is 2. The normalized spacial score (nSPS) is 11.7. The maximum atomic E-state index is 14.4. The number of aliphatic carboxylic acids is 6. The second-order valence-electron chi connectivity index (χ2n) is 41.9. The molecule has 6 rings (SSSR count). The number of nitrogens with zero attached hydrogens (tertiary/aromatic N) is 7. The summed E-state index contributed by atoms with van der Waals surface area (Å²) in [4.78, 5) is 108. The van der Waals surface area contributed by atoms with E-state index in [0.29, 0.717) is 11.4 Å². The van der Waals surface area contributed by atoms with Gasteiger partial charge in [0.1, 0.15) is 23.3 Å². The zero-order chi connectivity index (χ0) is 108. The lowest BCUT2D eigenvalue weighted by molar-refractivity contribution is -0.138. The fourth-order valence-corrected chi connectivity index (χ4v) is 21.2. The quantitative estimate of drug-likeness (QED) is 0.0102. The smallest absolute Gasteiger partial charge is 0.303 e. The van der Waals surface area contributed by atoms with Crippen molar-refractivity contribution in [2.45, 2.75) is 480 Å². The average molecular weight is 2090 g/mol. The van der Waals surface area contributed by atoms with Gasteiger partial charge in [-0.15, -0.1) is 0 Å². The average Bonchev–Trinajstić information content (AvgIpc) is 0.771. The molecule has 0 fully saturated rings. The molecule has 0 bridgehead atoms. The first-order chi connectivity index (χ1) is 73.2. The van der Waals surface area contributed by atoms with E-state index in [1.807, 2.05) is 36.4 Å². The lowest BCUT2D eigenvalue weighted by Gasteiger charge is -2.34. The first kappa shape index (κ1) is 130. The van der Waals surface area contributed by atoms with Crippen molar-refractivity contribution in [1.82, 2.24) is 0 Å². The van der Waals surface area contributed by atoms with Crippen LogP contribution >= 0.6 is 11.8 Å². The number of para-hydroxylation sites is 1. The maximum absolute atomic E-state index is 14.4. The number of benzene rings is 5. The molecule has 0 spiro atoms. The summed E-state index contributed by atoms with van der Waals surface area (Å²) < 4.78 is 0. The Morgan fingerprint density at radius 3 is 0.860 bits per heavy atom. The fourth-order valence-electron chi connectivity index (χ4n) is 20.0. The van der Waals surface area contributed by atoms with Gasteiger partial charge in [-0.25, -0.2) is 0 Å². The minimum Gasteiger partial charge on any atom is -0.481 e. The van der Waals surface area contributed by atoms with Crippen molar-refractivity contribution in [2.75, 3.05) is 94.0 Å². The van der Waals surface area contributed by atoms with E-state index in [1.165, 1.54) is 138 Å². The fraction of sp³-hybridized carbons (Fsp3) is 0.651. The summed E-state index contributed by atoms with van der Waals surface area (Å²) in [6.45, 7) is 15.2. The molecule has 1 aliphatic rings. The number of carbonyl (C=O) groups excluding carboxylic acids is 2. The van der Waals surface area contributed by atoms with Crippen molar-refractivity contribution in [3.63, 3.8) is 0 Å². The van der Waals surface area contributed by atoms with Crippen LogP contribution in [-0.4, -0.2) is 137 Å². The number of nitriles is 2. The van der Waals surface area contributed by atoms with Crippen LogP contribution in [0, 0.1) is 22.7 Å². The minimum atomic E-state index is -0.732. The Morgan fingerprint density at radius 2 is 0.533 bits per heavy atom. The molecule has 0 saturated carbocycles. The largest absolute Gasteiger partial charge is 0.481 e. The number of carbonyl (C=O) groups is 8. The van der Waals surface area contributed by atoms with E-state index in [1.54, 1.807) is 23.9 Å². The summed E-state index contributed by atoms with van der Waals surface area (Å²) in [5.74, 6) is -5.21. The Morgan fingerprint density at radius 1 is 0.273 bits per heavy atom. The van der Waals surface area contributed by atoms with Crippen molar-refractivity contribution in [1.29, 1.82) is 10.5 Å². The summed E-state index contributed by atoms with van der Waals surface area (Å²) in [6.07, 6.45) is 74.7. The van der Waals surface area contributed by atoms with Gasteiger partial charge in [-0.2, -0.15) is 10.5 Å². The van der Waals surface area contributed by atoms with Crippen LogP contribution in [0.3, 0.4) is 0 Å². The first-order valence-corrected chi connectivity index (χ1v) is 60.2. The van der Waals surface area contributed by atoms with Gasteiger partial charge in [-0.05, 0) is 198 Å². The molecule has 1 heterocycles. The van der Waals surface area contributed by atoms with Crippen LogP contribution in [0.15, 0.2) is 130 Å². The number of rotatable bonds is 95. The summed E-state index contributed by atoms with van der Waals surface area (Å²) >= 11 is 1.72.